The van der Waals surface area contributed by atoms with Gasteiger partial charge in [-0.25, -0.2) is 0 Å². The van der Waals surface area contributed by atoms with E-state index in [2.05, 4.69) is 35.3 Å². The lowest BCUT2D eigenvalue weighted by Crippen LogP contribution is -2.37. The number of hydrogen-bond acceptors (Lipinski definition) is 3. The second-order valence-electron chi connectivity index (χ2n) is 7.07. The fraction of sp³-hybridized carbons (Fsp3) is 0.632. The van der Waals surface area contributed by atoms with Crippen LogP contribution < -0.4 is 10.1 Å². The van der Waals surface area contributed by atoms with Gasteiger partial charge in [0.25, 0.3) is 0 Å². The van der Waals surface area contributed by atoms with Crippen molar-refractivity contribution in [1.29, 1.82) is 0 Å². The molecule has 1 aromatic rings. The highest BCUT2D eigenvalue weighted by Crippen LogP contribution is 2.26. The number of nitrogens with zero attached hydrogens (tertiary/aromatic N) is 1. The zero-order valence-corrected chi connectivity index (χ0v) is 14.3. The van der Waals surface area contributed by atoms with E-state index in [4.69, 9.17) is 4.74 Å². The minimum Gasteiger partial charge on any atom is -0.496 e. The number of aryl methyl sites for hydroxylation is 1. The quantitative estimate of drug-likeness (QED) is 0.877. The van der Waals surface area contributed by atoms with Crippen LogP contribution in [0.25, 0.3) is 0 Å². The van der Waals surface area contributed by atoms with Crippen LogP contribution in [0.1, 0.15) is 36.8 Å². The van der Waals surface area contributed by atoms with E-state index in [1.165, 1.54) is 24.0 Å². The molecule has 1 atom stereocenters. The SMILES string of the molecule is COc1ccc(CN2CC[C@@H](CNC(=O)C3CCC3)C2)cc1C. The lowest BCUT2D eigenvalue weighted by Gasteiger charge is -2.25. The molecular formula is C19H28N2O2. The molecule has 4 nitrogen and oxygen atoms in total. The van der Waals surface area contributed by atoms with Crippen LogP contribution in [0.4, 0.5) is 0 Å². The van der Waals surface area contributed by atoms with E-state index >= 15 is 0 Å². The lowest BCUT2D eigenvalue weighted by molar-refractivity contribution is -0.127. The normalized spacial score (nSPS) is 21.9. The van der Waals surface area contributed by atoms with Gasteiger partial charge in [-0.1, -0.05) is 18.6 Å². The molecule has 0 bridgehead atoms. The van der Waals surface area contributed by atoms with E-state index < -0.39 is 0 Å². The number of rotatable bonds is 6. The molecular weight excluding hydrogens is 288 g/mol. The third kappa shape index (κ3) is 4.05. The number of methoxy groups -OCH3 is 1. The molecule has 1 saturated heterocycles. The Balaban J connectivity index is 1.44. The summed E-state index contributed by atoms with van der Waals surface area (Å²) in [5, 5.41) is 3.15. The van der Waals surface area contributed by atoms with Gasteiger partial charge in [-0.05, 0) is 55.8 Å². The van der Waals surface area contributed by atoms with Crippen molar-refractivity contribution in [1.82, 2.24) is 10.2 Å². The minimum absolute atomic E-state index is 0.278. The molecule has 3 rings (SSSR count). The van der Waals surface area contributed by atoms with Crippen LogP contribution >= 0.6 is 0 Å². The van der Waals surface area contributed by atoms with Crippen LogP contribution in [-0.4, -0.2) is 37.6 Å². The topological polar surface area (TPSA) is 41.6 Å². The molecule has 1 aliphatic heterocycles. The van der Waals surface area contributed by atoms with Crippen LogP contribution in [0, 0.1) is 18.8 Å². The summed E-state index contributed by atoms with van der Waals surface area (Å²) < 4.78 is 5.32. The smallest absolute Gasteiger partial charge is 0.223 e. The van der Waals surface area contributed by atoms with E-state index in [0.717, 1.165) is 44.8 Å². The van der Waals surface area contributed by atoms with Crippen molar-refractivity contribution in [3.8, 4) is 5.75 Å². The highest BCUT2D eigenvalue weighted by atomic mass is 16.5. The van der Waals surface area contributed by atoms with E-state index in [1.807, 2.05) is 0 Å². The molecule has 0 unspecified atom stereocenters. The molecule has 1 N–H and O–H groups in total. The Morgan fingerprint density at radius 2 is 2.17 bits per heavy atom. The molecule has 1 saturated carbocycles. The number of carbonyl (C=O) groups excluding carboxylic acids is 1. The van der Waals surface area contributed by atoms with Gasteiger partial charge >= 0.3 is 0 Å². The Kier molecular flexibility index (Phi) is 5.21. The Morgan fingerprint density at radius 3 is 2.83 bits per heavy atom. The zero-order valence-electron chi connectivity index (χ0n) is 14.3. The molecule has 4 heteroatoms. The van der Waals surface area contributed by atoms with Crippen molar-refractivity contribution in [2.45, 2.75) is 39.2 Å². The first kappa shape index (κ1) is 16.3. The molecule has 1 aliphatic carbocycles. The van der Waals surface area contributed by atoms with Crippen molar-refractivity contribution in [3.63, 3.8) is 0 Å². The summed E-state index contributed by atoms with van der Waals surface area (Å²) in [6.07, 6.45) is 4.57. The molecule has 0 spiro atoms. The van der Waals surface area contributed by atoms with Crippen molar-refractivity contribution in [3.05, 3.63) is 29.3 Å². The minimum atomic E-state index is 0.278. The summed E-state index contributed by atoms with van der Waals surface area (Å²) in [4.78, 5) is 14.4. The van der Waals surface area contributed by atoms with E-state index in [9.17, 15) is 4.79 Å². The van der Waals surface area contributed by atoms with Gasteiger partial charge < -0.3 is 10.1 Å². The molecule has 0 radical (unpaired) electrons. The molecule has 23 heavy (non-hydrogen) atoms. The lowest BCUT2D eigenvalue weighted by atomic mass is 9.85. The first-order valence-corrected chi connectivity index (χ1v) is 8.79. The second-order valence-corrected chi connectivity index (χ2v) is 7.07. The van der Waals surface area contributed by atoms with E-state index in [0.29, 0.717) is 11.8 Å². The fourth-order valence-corrected chi connectivity index (χ4v) is 3.58. The van der Waals surface area contributed by atoms with E-state index in [-0.39, 0.29) is 5.91 Å². The summed E-state index contributed by atoms with van der Waals surface area (Å²) in [6, 6.07) is 6.42. The Bertz CT molecular complexity index is 554. The van der Waals surface area contributed by atoms with Crippen LogP contribution in [-0.2, 0) is 11.3 Å². The highest BCUT2D eigenvalue weighted by Gasteiger charge is 2.27. The fourth-order valence-electron chi connectivity index (χ4n) is 3.58. The maximum absolute atomic E-state index is 11.9. The largest absolute Gasteiger partial charge is 0.496 e. The highest BCUT2D eigenvalue weighted by molar-refractivity contribution is 5.79. The van der Waals surface area contributed by atoms with Crippen LogP contribution in [0.5, 0.6) is 5.75 Å². The first-order chi connectivity index (χ1) is 11.2. The predicted molar refractivity (Wildman–Crippen MR) is 91.5 cm³/mol. The van der Waals surface area contributed by atoms with Gasteiger partial charge in [-0.3, -0.25) is 9.69 Å². The number of amides is 1. The molecule has 2 aliphatic rings. The van der Waals surface area contributed by atoms with Gasteiger partial charge in [-0.15, -0.1) is 0 Å². The predicted octanol–water partition coefficient (Wildman–Crippen LogP) is 2.74. The standard InChI is InChI=1S/C19H28N2O2/c1-14-10-15(6-7-18(14)23-2)12-21-9-8-16(13-21)11-20-19(22)17-4-3-5-17/h6-7,10,16-17H,3-5,8-9,11-13H2,1-2H3,(H,20,22)/t16-/m0/s1. The second kappa shape index (κ2) is 7.35. The van der Waals surface area contributed by atoms with Crippen molar-refractivity contribution < 1.29 is 9.53 Å². The first-order valence-electron chi connectivity index (χ1n) is 8.79. The number of nitrogens with one attached hydrogen (secondary N) is 1. The average molecular weight is 316 g/mol. The van der Waals surface area contributed by atoms with Gasteiger partial charge in [0.15, 0.2) is 0 Å². The van der Waals surface area contributed by atoms with Gasteiger partial charge in [0.2, 0.25) is 5.91 Å². The molecule has 0 aromatic heterocycles. The number of carbonyl (C=O) groups is 1. The number of benzene rings is 1. The third-order valence-electron chi connectivity index (χ3n) is 5.28. The zero-order chi connectivity index (χ0) is 16.2. The van der Waals surface area contributed by atoms with Gasteiger partial charge in [0.05, 0.1) is 7.11 Å². The average Bonchev–Trinajstić information content (AvgIpc) is 2.91. The maximum Gasteiger partial charge on any atom is 0.223 e. The van der Waals surface area contributed by atoms with Crippen LogP contribution in [0.3, 0.4) is 0 Å². The summed E-state index contributed by atoms with van der Waals surface area (Å²) in [5.74, 6) is 2.13. The number of likely N-dealkylation sites (tertiary alicyclic amines) is 1. The molecule has 1 heterocycles. The molecule has 1 amide bonds. The number of hydrogen-bond donors (Lipinski definition) is 1. The summed E-state index contributed by atoms with van der Waals surface area (Å²) in [7, 11) is 1.71. The Hall–Kier alpha value is -1.55. The molecule has 1 aromatic carbocycles. The summed E-state index contributed by atoms with van der Waals surface area (Å²) in [5.41, 5.74) is 2.52. The van der Waals surface area contributed by atoms with Gasteiger partial charge in [0.1, 0.15) is 5.75 Å². The third-order valence-corrected chi connectivity index (χ3v) is 5.28. The Labute approximate surface area is 139 Å². The number of ether oxygens (including phenoxy) is 1. The summed E-state index contributed by atoms with van der Waals surface area (Å²) in [6.45, 7) is 6.11. The summed E-state index contributed by atoms with van der Waals surface area (Å²) >= 11 is 0. The van der Waals surface area contributed by atoms with Crippen molar-refractivity contribution in [2.24, 2.45) is 11.8 Å². The van der Waals surface area contributed by atoms with E-state index in [1.54, 1.807) is 7.11 Å². The Morgan fingerprint density at radius 1 is 1.35 bits per heavy atom. The molecule has 126 valence electrons. The van der Waals surface area contributed by atoms with Crippen molar-refractivity contribution in [2.75, 3.05) is 26.7 Å². The monoisotopic (exact) mass is 316 g/mol. The molecule has 2 fully saturated rings. The van der Waals surface area contributed by atoms with Crippen molar-refractivity contribution >= 4 is 5.91 Å². The van der Waals surface area contributed by atoms with Crippen LogP contribution in [0.15, 0.2) is 18.2 Å². The van der Waals surface area contributed by atoms with Crippen LogP contribution in [0.2, 0.25) is 0 Å². The van der Waals surface area contributed by atoms with Gasteiger partial charge in [0, 0.05) is 25.6 Å². The maximum atomic E-state index is 11.9. The van der Waals surface area contributed by atoms with Gasteiger partial charge in [-0.2, -0.15) is 0 Å².